The number of aromatic nitrogens is 2. The number of nitrogens with one attached hydrogen (secondary N) is 1. The van der Waals surface area contributed by atoms with E-state index in [0.29, 0.717) is 18.4 Å². The lowest BCUT2D eigenvalue weighted by Crippen LogP contribution is -2.42. The van der Waals surface area contributed by atoms with E-state index in [2.05, 4.69) is 29.1 Å². The Morgan fingerprint density at radius 2 is 2.05 bits per heavy atom. The lowest BCUT2D eigenvalue weighted by atomic mass is 10.1. The van der Waals surface area contributed by atoms with Crippen LogP contribution < -0.4 is 5.32 Å². The van der Waals surface area contributed by atoms with Gasteiger partial charge < -0.3 is 14.8 Å². The summed E-state index contributed by atoms with van der Waals surface area (Å²) in [6, 6.07) is 0.615. The molecule has 0 bridgehead atoms. The van der Waals surface area contributed by atoms with E-state index in [1.807, 2.05) is 16.4 Å². The molecule has 1 aromatic heterocycles. The molecular weight excluding hydrogens is 281 g/mol. The highest BCUT2D eigenvalue weighted by molar-refractivity contribution is 6.10. The number of aryl methyl sites for hydroxylation is 1. The summed E-state index contributed by atoms with van der Waals surface area (Å²) in [5.74, 6) is 0.632. The van der Waals surface area contributed by atoms with Crippen molar-refractivity contribution in [3.05, 3.63) is 29.7 Å². The summed E-state index contributed by atoms with van der Waals surface area (Å²) in [5, 5.41) is 3.33. The van der Waals surface area contributed by atoms with E-state index in [9.17, 15) is 4.39 Å². The number of imidazole rings is 1. The lowest BCUT2D eigenvalue weighted by Gasteiger charge is -2.34. The van der Waals surface area contributed by atoms with Crippen LogP contribution in [0.4, 0.5) is 4.39 Å². The van der Waals surface area contributed by atoms with Gasteiger partial charge in [-0.2, -0.15) is 0 Å². The quantitative estimate of drug-likeness (QED) is 0.932. The first kappa shape index (κ1) is 15.2. The van der Waals surface area contributed by atoms with Crippen LogP contribution in [0.3, 0.4) is 0 Å². The van der Waals surface area contributed by atoms with E-state index in [1.165, 1.54) is 0 Å². The van der Waals surface area contributed by atoms with Gasteiger partial charge in [0, 0.05) is 18.3 Å². The van der Waals surface area contributed by atoms with E-state index in [1.54, 1.807) is 12.4 Å². The van der Waals surface area contributed by atoms with Gasteiger partial charge in [-0.3, -0.25) is 4.99 Å². The fourth-order valence-corrected chi connectivity index (χ4v) is 3.32. The fourth-order valence-electron chi connectivity index (χ4n) is 3.32. The Balaban J connectivity index is 1.83. The number of halogens is 1. The number of nitrogens with zero attached hydrogens (tertiary/aromatic N) is 4. The standard InChI is InChI=1S/C16H24FN5/c1-11(2)22-12(3)19-8-15(22)16-14(17)9-21(10-20-16)13-4-6-18-7-5-13/h8-9,11,13,18H,4-7,10H2,1-3H3. The number of rotatable bonds is 3. The van der Waals surface area contributed by atoms with Crippen molar-refractivity contribution >= 4 is 5.71 Å². The normalized spacial score (nSPS) is 20.3. The third kappa shape index (κ3) is 2.79. The molecular formula is C16H24FN5. The molecule has 1 aromatic rings. The van der Waals surface area contributed by atoms with Crippen molar-refractivity contribution in [3.8, 4) is 0 Å². The number of piperidine rings is 1. The Bertz CT molecular complexity index is 596. The van der Waals surface area contributed by atoms with Crippen LogP contribution in [0.25, 0.3) is 0 Å². The van der Waals surface area contributed by atoms with Crippen molar-refractivity contribution in [2.75, 3.05) is 19.8 Å². The highest BCUT2D eigenvalue weighted by Gasteiger charge is 2.26. The van der Waals surface area contributed by atoms with E-state index in [4.69, 9.17) is 0 Å². The van der Waals surface area contributed by atoms with Gasteiger partial charge in [-0.1, -0.05) is 0 Å². The second kappa shape index (κ2) is 6.20. The zero-order valence-electron chi connectivity index (χ0n) is 13.5. The maximum absolute atomic E-state index is 14.6. The van der Waals surface area contributed by atoms with Crippen molar-refractivity contribution < 1.29 is 4.39 Å². The van der Waals surface area contributed by atoms with Crippen LogP contribution in [0, 0.1) is 6.92 Å². The third-order valence-corrected chi connectivity index (χ3v) is 4.42. The van der Waals surface area contributed by atoms with Crippen LogP contribution in [-0.2, 0) is 0 Å². The van der Waals surface area contributed by atoms with Gasteiger partial charge in [-0.25, -0.2) is 9.37 Å². The van der Waals surface area contributed by atoms with E-state index in [-0.39, 0.29) is 11.9 Å². The fraction of sp³-hybridized carbons (Fsp3) is 0.625. The largest absolute Gasteiger partial charge is 0.353 e. The average Bonchev–Trinajstić information content (AvgIpc) is 2.89. The molecule has 3 rings (SSSR count). The summed E-state index contributed by atoms with van der Waals surface area (Å²) >= 11 is 0. The topological polar surface area (TPSA) is 45.5 Å². The number of allylic oxidation sites excluding steroid dienone is 1. The van der Waals surface area contributed by atoms with Gasteiger partial charge in [-0.15, -0.1) is 0 Å². The minimum absolute atomic E-state index is 0.232. The highest BCUT2D eigenvalue weighted by Crippen LogP contribution is 2.23. The van der Waals surface area contributed by atoms with Crippen molar-refractivity contribution in [2.24, 2.45) is 4.99 Å². The number of hydrogen-bond donors (Lipinski definition) is 1. The highest BCUT2D eigenvalue weighted by atomic mass is 19.1. The first-order valence-electron chi connectivity index (χ1n) is 8.00. The van der Waals surface area contributed by atoms with Gasteiger partial charge in [0.05, 0.1) is 11.9 Å². The third-order valence-electron chi connectivity index (χ3n) is 4.42. The minimum Gasteiger partial charge on any atom is -0.353 e. The first-order chi connectivity index (χ1) is 10.6. The molecule has 22 heavy (non-hydrogen) atoms. The zero-order valence-corrected chi connectivity index (χ0v) is 13.5. The second-order valence-electron chi connectivity index (χ2n) is 6.27. The monoisotopic (exact) mass is 305 g/mol. The molecule has 1 N–H and O–H groups in total. The Kier molecular flexibility index (Phi) is 4.29. The predicted octanol–water partition coefficient (Wildman–Crippen LogP) is 2.40. The van der Waals surface area contributed by atoms with Crippen molar-refractivity contribution in [1.82, 2.24) is 19.8 Å². The summed E-state index contributed by atoms with van der Waals surface area (Å²) in [4.78, 5) is 10.9. The molecule has 0 amide bonds. The van der Waals surface area contributed by atoms with Gasteiger partial charge in [0.25, 0.3) is 0 Å². The first-order valence-corrected chi connectivity index (χ1v) is 8.00. The molecule has 2 aliphatic rings. The maximum Gasteiger partial charge on any atom is 0.166 e. The second-order valence-corrected chi connectivity index (χ2v) is 6.27. The molecule has 0 aliphatic carbocycles. The minimum atomic E-state index is -0.258. The molecule has 0 atom stereocenters. The molecule has 0 radical (unpaired) electrons. The number of aliphatic imine (C=N–C) groups is 1. The predicted molar refractivity (Wildman–Crippen MR) is 85.7 cm³/mol. The molecule has 5 nitrogen and oxygen atoms in total. The summed E-state index contributed by atoms with van der Waals surface area (Å²) in [6.07, 6.45) is 5.43. The maximum atomic E-state index is 14.6. The molecule has 1 fully saturated rings. The van der Waals surface area contributed by atoms with Crippen LogP contribution in [-0.4, -0.2) is 46.0 Å². The smallest absolute Gasteiger partial charge is 0.166 e. The van der Waals surface area contributed by atoms with Crippen LogP contribution in [0.2, 0.25) is 0 Å². The summed E-state index contributed by atoms with van der Waals surface area (Å²) in [5.41, 5.74) is 1.20. The van der Waals surface area contributed by atoms with Gasteiger partial charge in [-0.05, 0) is 46.7 Å². The van der Waals surface area contributed by atoms with Gasteiger partial charge in [0.1, 0.15) is 18.2 Å². The lowest BCUT2D eigenvalue weighted by molar-refractivity contribution is 0.225. The van der Waals surface area contributed by atoms with E-state index >= 15 is 0 Å². The molecule has 120 valence electrons. The Labute approximate surface area is 130 Å². The summed E-state index contributed by atoms with van der Waals surface area (Å²) in [7, 11) is 0. The van der Waals surface area contributed by atoms with Gasteiger partial charge >= 0.3 is 0 Å². The number of hydrogen-bond acceptors (Lipinski definition) is 4. The van der Waals surface area contributed by atoms with Crippen LogP contribution >= 0.6 is 0 Å². The molecule has 6 heteroatoms. The molecule has 2 aliphatic heterocycles. The van der Waals surface area contributed by atoms with Crippen molar-refractivity contribution in [2.45, 2.75) is 45.7 Å². The van der Waals surface area contributed by atoms with Crippen molar-refractivity contribution in [1.29, 1.82) is 0 Å². The van der Waals surface area contributed by atoms with Gasteiger partial charge in [0.2, 0.25) is 0 Å². The zero-order chi connectivity index (χ0) is 15.7. The molecule has 0 aromatic carbocycles. The molecule has 0 spiro atoms. The molecule has 3 heterocycles. The van der Waals surface area contributed by atoms with E-state index < -0.39 is 0 Å². The Morgan fingerprint density at radius 3 is 2.68 bits per heavy atom. The Hall–Kier alpha value is -1.69. The molecule has 0 unspecified atom stereocenters. The Morgan fingerprint density at radius 1 is 1.32 bits per heavy atom. The average molecular weight is 305 g/mol. The van der Waals surface area contributed by atoms with E-state index in [0.717, 1.165) is 37.4 Å². The summed E-state index contributed by atoms with van der Waals surface area (Å²) in [6.45, 7) is 8.60. The SMILES string of the molecule is Cc1ncc(C2=NCN(C3CCNCC3)C=C2F)n1C(C)C. The van der Waals surface area contributed by atoms with Crippen LogP contribution in [0.15, 0.2) is 23.2 Å². The van der Waals surface area contributed by atoms with Crippen LogP contribution in [0.1, 0.15) is 44.2 Å². The van der Waals surface area contributed by atoms with Crippen LogP contribution in [0.5, 0.6) is 0 Å². The van der Waals surface area contributed by atoms with Crippen molar-refractivity contribution in [3.63, 3.8) is 0 Å². The molecule has 0 saturated carbocycles. The molecule has 1 saturated heterocycles. The summed E-state index contributed by atoms with van der Waals surface area (Å²) < 4.78 is 16.7. The van der Waals surface area contributed by atoms with Gasteiger partial charge in [0.15, 0.2) is 5.83 Å².